The van der Waals surface area contributed by atoms with Crippen molar-refractivity contribution in [1.82, 2.24) is 0 Å². The summed E-state index contributed by atoms with van der Waals surface area (Å²) in [4.78, 5) is 13.3. The highest BCUT2D eigenvalue weighted by molar-refractivity contribution is 6.74. The van der Waals surface area contributed by atoms with Gasteiger partial charge in [0, 0.05) is 18.4 Å². The van der Waals surface area contributed by atoms with Crippen LogP contribution in [-0.2, 0) is 9.22 Å². The number of fused-ring (bicyclic) bond motifs is 5. The van der Waals surface area contributed by atoms with Crippen LogP contribution < -0.4 is 0 Å². The van der Waals surface area contributed by atoms with Crippen LogP contribution in [0.1, 0.15) is 113 Å². The summed E-state index contributed by atoms with van der Waals surface area (Å²) < 4.78 is 6.90. The first-order valence-electron chi connectivity index (χ1n) is 14.7. The molecular formula is C32H54O2Si. The summed E-state index contributed by atoms with van der Waals surface area (Å²) in [7, 11) is -1.73. The SMILES string of the molecule is CC(C)=CCCC(=O)C1CCC2C3CC=C4CC(O[Si](C)(C)C(C)(C)C)CC[C@]4(C)C3CC[C@]12C. The number of Topliss-reactive ketones (excluding diaryl/α,β-unsaturated/α-hetero) is 1. The third kappa shape index (κ3) is 4.94. The van der Waals surface area contributed by atoms with E-state index >= 15 is 0 Å². The van der Waals surface area contributed by atoms with Crippen molar-refractivity contribution >= 4 is 14.1 Å². The van der Waals surface area contributed by atoms with Gasteiger partial charge in [-0.25, -0.2) is 0 Å². The third-order valence-electron chi connectivity index (χ3n) is 11.7. The molecule has 0 radical (unpaired) electrons. The molecule has 5 unspecified atom stereocenters. The fraction of sp³-hybridized carbons (Fsp3) is 0.844. The first-order valence-corrected chi connectivity index (χ1v) is 17.6. The van der Waals surface area contributed by atoms with Gasteiger partial charge in [0.15, 0.2) is 8.32 Å². The van der Waals surface area contributed by atoms with Gasteiger partial charge in [-0.1, -0.05) is 57.9 Å². The minimum absolute atomic E-state index is 0.230. The molecule has 3 heteroatoms. The van der Waals surface area contributed by atoms with Gasteiger partial charge in [-0.3, -0.25) is 4.79 Å². The van der Waals surface area contributed by atoms with Crippen molar-refractivity contribution < 1.29 is 9.22 Å². The van der Waals surface area contributed by atoms with Crippen molar-refractivity contribution in [2.24, 2.45) is 34.5 Å². The monoisotopic (exact) mass is 498 g/mol. The van der Waals surface area contributed by atoms with Crippen LogP contribution in [0.5, 0.6) is 0 Å². The summed E-state index contributed by atoms with van der Waals surface area (Å²) in [6.45, 7) is 21.3. The Morgan fingerprint density at radius 1 is 1.09 bits per heavy atom. The molecule has 3 saturated carbocycles. The number of ketones is 1. The number of carbonyl (C=O) groups is 1. The molecule has 3 fully saturated rings. The topological polar surface area (TPSA) is 26.3 Å². The van der Waals surface area contributed by atoms with Gasteiger partial charge in [0.05, 0.1) is 0 Å². The molecule has 0 saturated heterocycles. The van der Waals surface area contributed by atoms with Crippen LogP contribution in [-0.4, -0.2) is 20.2 Å². The third-order valence-corrected chi connectivity index (χ3v) is 16.2. The number of rotatable bonds is 6. The van der Waals surface area contributed by atoms with E-state index in [1.54, 1.807) is 5.57 Å². The minimum atomic E-state index is -1.73. The predicted molar refractivity (Wildman–Crippen MR) is 151 cm³/mol. The average molecular weight is 499 g/mol. The molecule has 4 aliphatic carbocycles. The lowest BCUT2D eigenvalue weighted by Crippen LogP contribution is -2.52. The number of hydrogen-bond acceptors (Lipinski definition) is 2. The van der Waals surface area contributed by atoms with Gasteiger partial charge in [-0.2, -0.15) is 0 Å². The van der Waals surface area contributed by atoms with Crippen molar-refractivity contribution in [3.63, 3.8) is 0 Å². The lowest BCUT2D eigenvalue weighted by Gasteiger charge is -2.58. The van der Waals surface area contributed by atoms with E-state index in [0.717, 1.165) is 43.4 Å². The Morgan fingerprint density at radius 3 is 2.46 bits per heavy atom. The molecule has 0 spiro atoms. The Kier molecular flexibility index (Phi) is 7.48. The molecule has 0 aromatic carbocycles. The van der Waals surface area contributed by atoms with Gasteiger partial charge in [0.2, 0.25) is 0 Å². The molecule has 0 bridgehead atoms. The molecule has 0 aliphatic heterocycles. The molecule has 4 aliphatic rings. The Hall–Kier alpha value is -0.673. The van der Waals surface area contributed by atoms with Gasteiger partial charge in [0.25, 0.3) is 0 Å². The molecule has 0 aromatic rings. The average Bonchev–Trinajstić information content (AvgIpc) is 3.10. The van der Waals surface area contributed by atoms with Crippen LogP contribution in [0.25, 0.3) is 0 Å². The second-order valence-electron chi connectivity index (χ2n) is 15.0. The normalized spacial score (nSPS) is 39.2. The summed E-state index contributed by atoms with van der Waals surface area (Å²) in [5, 5.41) is 0.274. The van der Waals surface area contributed by atoms with E-state index in [1.807, 2.05) is 0 Å². The van der Waals surface area contributed by atoms with E-state index in [9.17, 15) is 4.79 Å². The predicted octanol–water partition coefficient (Wildman–Crippen LogP) is 9.27. The molecule has 0 amide bonds. The number of carbonyl (C=O) groups excluding carboxylic acids is 1. The molecule has 0 N–H and O–H groups in total. The summed E-state index contributed by atoms with van der Waals surface area (Å²) in [6, 6.07) is 0. The molecule has 35 heavy (non-hydrogen) atoms. The molecule has 7 atom stereocenters. The molecular weight excluding hydrogens is 444 g/mol. The number of hydrogen-bond donors (Lipinski definition) is 0. The maximum absolute atomic E-state index is 13.3. The quantitative estimate of drug-likeness (QED) is 0.269. The molecule has 2 nitrogen and oxygen atoms in total. The van der Waals surface area contributed by atoms with Gasteiger partial charge in [-0.15, -0.1) is 0 Å². The van der Waals surface area contributed by atoms with E-state index in [1.165, 1.54) is 44.1 Å². The van der Waals surface area contributed by atoms with Gasteiger partial charge < -0.3 is 4.43 Å². The molecule has 0 heterocycles. The zero-order chi connectivity index (χ0) is 25.8. The first kappa shape index (κ1) is 27.4. The van der Waals surface area contributed by atoms with Crippen LogP contribution in [0, 0.1) is 34.5 Å². The molecule has 0 aromatic heterocycles. The summed E-state index contributed by atoms with van der Waals surface area (Å²) in [5.41, 5.74) is 3.62. The van der Waals surface area contributed by atoms with E-state index in [0.29, 0.717) is 23.2 Å². The fourth-order valence-corrected chi connectivity index (χ4v) is 9.92. The van der Waals surface area contributed by atoms with Crippen LogP contribution >= 0.6 is 0 Å². The maximum atomic E-state index is 13.3. The van der Waals surface area contributed by atoms with Crippen LogP contribution in [0.4, 0.5) is 0 Å². The van der Waals surface area contributed by atoms with Crippen molar-refractivity contribution in [3.05, 3.63) is 23.3 Å². The lowest BCUT2D eigenvalue weighted by atomic mass is 9.47. The first-order chi connectivity index (χ1) is 16.2. The standard InChI is InChI=1S/C32H54O2Si/c1-22(2)11-10-12-29(33)28-16-15-26-25-14-13-23-21-24(34-35(8,9)30(3,4)5)17-19-31(23,6)27(25)18-20-32(26,28)7/h11,13,24-28H,10,12,14-21H2,1-9H3/t24?,25?,26?,27?,28?,31-,32-/m0/s1. The maximum Gasteiger partial charge on any atom is 0.192 e. The van der Waals surface area contributed by atoms with E-state index in [2.05, 4.69) is 73.7 Å². The zero-order valence-corrected chi connectivity index (χ0v) is 25.4. The highest BCUT2D eigenvalue weighted by Crippen LogP contribution is 2.66. The Balaban J connectivity index is 1.47. The second-order valence-corrected chi connectivity index (χ2v) is 19.7. The van der Waals surface area contributed by atoms with Gasteiger partial charge in [-0.05, 0) is 118 Å². The Morgan fingerprint density at radius 2 is 1.80 bits per heavy atom. The zero-order valence-electron chi connectivity index (χ0n) is 24.4. The molecule has 198 valence electrons. The van der Waals surface area contributed by atoms with E-state index < -0.39 is 8.32 Å². The highest BCUT2D eigenvalue weighted by atomic mass is 28.4. The van der Waals surface area contributed by atoms with Crippen molar-refractivity contribution in [2.45, 2.75) is 137 Å². The Labute approximate surface area is 217 Å². The van der Waals surface area contributed by atoms with Gasteiger partial charge in [0.1, 0.15) is 5.78 Å². The smallest absolute Gasteiger partial charge is 0.192 e. The van der Waals surface area contributed by atoms with Crippen molar-refractivity contribution in [1.29, 1.82) is 0 Å². The minimum Gasteiger partial charge on any atom is -0.414 e. The molecule has 4 rings (SSSR count). The van der Waals surface area contributed by atoms with Gasteiger partial charge >= 0.3 is 0 Å². The summed E-state index contributed by atoms with van der Waals surface area (Å²) >= 11 is 0. The van der Waals surface area contributed by atoms with Crippen LogP contribution in [0.2, 0.25) is 18.1 Å². The van der Waals surface area contributed by atoms with E-state index in [4.69, 9.17) is 4.43 Å². The summed E-state index contributed by atoms with van der Waals surface area (Å²) in [6.07, 6.45) is 16.8. The van der Waals surface area contributed by atoms with E-state index in [-0.39, 0.29) is 10.5 Å². The fourth-order valence-electron chi connectivity index (χ4n) is 8.53. The number of allylic oxidation sites excluding steroid dienone is 3. The Bertz CT molecular complexity index is 872. The van der Waals surface area contributed by atoms with Crippen LogP contribution in [0.15, 0.2) is 23.3 Å². The van der Waals surface area contributed by atoms with Crippen molar-refractivity contribution in [3.8, 4) is 0 Å². The second kappa shape index (κ2) is 9.57. The van der Waals surface area contributed by atoms with Crippen LogP contribution in [0.3, 0.4) is 0 Å². The summed E-state index contributed by atoms with van der Waals surface area (Å²) in [5.74, 6) is 3.15. The highest BCUT2D eigenvalue weighted by Gasteiger charge is 2.59. The lowest BCUT2D eigenvalue weighted by molar-refractivity contribution is -0.129. The van der Waals surface area contributed by atoms with Crippen molar-refractivity contribution in [2.75, 3.05) is 0 Å². The largest absolute Gasteiger partial charge is 0.414 e.